The van der Waals surface area contributed by atoms with E-state index < -0.39 is 0 Å². The van der Waals surface area contributed by atoms with Gasteiger partial charge >= 0.3 is 0 Å². The lowest BCUT2D eigenvalue weighted by atomic mass is 10.1. The molecule has 0 amide bonds. The molecule has 0 fully saturated rings. The van der Waals surface area contributed by atoms with E-state index >= 15 is 0 Å². The molecule has 19 heavy (non-hydrogen) atoms. The summed E-state index contributed by atoms with van der Waals surface area (Å²) in [5, 5.41) is 8.91. The van der Waals surface area contributed by atoms with Gasteiger partial charge < -0.3 is 10.2 Å². The highest BCUT2D eigenvalue weighted by molar-refractivity contribution is 5.50. The van der Waals surface area contributed by atoms with E-state index in [1.54, 1.807) is 30.5 Å². The van der Waals surface area contributed by atoms with Crippen LogP contribution >= 0.6 is 0 Å². The SMILES string of the molecule is Cc1cc(C#N)cc(C)c1Oc1ccnc(NN)c1. The molecule has 5 nitrogen and oxygen atoms in total. The lowest BCUT2D eigenvalue weighted by molar-refractivity contribution is 0.474. The van der Waals surface area contributed by atoms with Gasteiger partial charge in [0.1, 0.15) is 17.3 Å². The molecule has 2 aromatic rings. The zero-order chi connectivity index (χ0) is 13.8. The Morgan fingerprint density at radius 2 is 1.95 bits per heavy atom. The largest absolute Gasteiger partial charge is 0.457 e. The first-order valence-electron chi connectivity index (χ1n) is 5.76. The summed E-state index contributed by atoms with van der Waals surface area (Å²) in [4.78, 5) is 4.01. The van der Waals surface area contributed by atoms with E-state index in [9.17, 15) is 0 Å². The molecule has 1 aromatic carbocycles. The number of nitriles is 1. The number of aryl methyl sites for hydroxylation is 2. The van der Waals surface area contributed by atoms with Crippen molar-refractivity contribution in [3.63, 3.8) is 0 Å². The first-order chi connectivity index (χ1) is 9.13. The van der Waals surface area contributed by atoms with Crippen LogP contribution in [0.4, 0.5) is 5.82 Å². The van der Waals surface area contributed by atoms with E-state index in [1.165, 1.54) is 0 Å². The summed E-state index contributed by atoms with van der Waals surface area (Å²) in [6, 6.07) is 9.17. The Bertz CT molecular complexity index is 623. The number of anilines is 1. The lowest BCUT2D eigenvalue weighted by Gasteiger charge is -2.12. The van der Waals surface area contributed by atoms with Crippen molar-refractivity contribution in [3.8, 4) is 17.6 Å². The standard InChI is InChI=1S/C14H14N4O/c1-9-5-11(8-15)6-10(2)14(9)19-12-3-4-17-13(7-12)18-16/h3-7H,16H2,1-2H3,(H,17,18). The van der Waals surface area contributed by atoms with Crippen molar-refractivity contribution in [2.75, 3.05) is 5.43 Å². The first-order valence-corrected chi connectivity index (χ1v) is 5.76. The quantitative estimate of drug-likeness (QED) is 0.649. The van der Waals surface area contributed by atoms with E-state index in [0.29, 0.717) is 17.1 Å². The monoisotopic (exact) mass is 254 g/mol. The third-order valence-corrected chi connectivity index (χ3v) is 2.69. The summed E-state index contributed by atoms with van der Waals surface area (Å²) in [5.74, 6) is 7.22. The molecular weight excluding hydrogens is 240 g/mol. The summed E-state index contributed by atoms with van der Waals surface area (Å²) in [6.07, 6.45) is 1.61. The van der Waals surface area contributed by atoms with Crippen molar-refractivity contribution in [2.45, 2.75) is 13.8 Å². The van der Waals surface area contributed by atoms with Crippen LogP contribution in [-0.2, 0) is 0 Å². The summed E-state index contributed by atoms with van der Waals surface area (Å²) in [6.45, 7) is 3.82. The second-order valence-electron chi connectivity index (χ2n) is 4.17. The van der Waals surface area contributed by atoms with Gasteiger partial charge in [0.15, 0.2) is 0 Å². The zero-order valence-corrected chi connectivity index (χ0v) is 10.8. The number of hydrazine groups is 1. The van der Waals surface area contributed by atoms with Gasteiger partial charge in [0.25, 0.3) is 0 Å². The highest BCUT2D eigenvalue weighted by Crippen LogP contribution is 2.30. The fraction of sp³-hybridized carbons (Fsp3) is 0.143. The van der Waals surface area contributed by atoms with Crippen LogP contribution in [0.2, 0.25) is 0 Å². The Labute approximate surface area is 111 Å². The van der Waals surface area contributed by atoms with Crippen LogP contribution in [0.1, 0.15) is 16.7 Å². The molecule has 1 aromatic heterocycles. The molecule has 0 unspecified atom stereocenters. The molecule has 96 valence electrons. The molecule has 0 aliphatic rings. The Morgan fingerprint density at radius 1 is 1.26 bits per heavy atom. The molecule has 0 spiro atoms. The molecule has 0 aliphatic carbocycles. The minimum atomic E-state index is 0.529. The lowest BCUT2D eigenvalue weighted by Crippen LogP contribution is -2.08. The maximum atomic E-state index is 8.91. The zero-order valence-electron chi connectivity index (χ0n) is 10.8. The number of nitrogens with one attached hydrogen (secondary N) is 1. The second-order valence-corrected chi connectivity index (χ2v) is 4.17. The first kappa shape index (κ1) is 12.9. The predicted octanol–water partition coefficient (Wildman–Crippen LogP) is 2.65. The van der Waals surface area contributed by atoms with Crippen LogP contribution in [0.25, 0.3) is 0 Å². The fourth-order valence-corrected chi connectivity index (χ4v) is 1.85. The topological polar surface area (TPSA) is 84.0 Å². The van der Waals surface area contributed by atoms with Crippen LogP contribution in [0, 0.1) is 25.2 Å². The number of hydrogen-bond acceptors (Lipinski definition) is 5. The molecule has 5 heteroatoms. The van der Waals surface area contributed by atoms with Gasteiger partial charge in [-0.2, -0.15) is 5.26 Å². The third-order valence-electron chi connectivity index (χ3n) is 2.69. The van der Waals surface area contributed by atoms with Crippen LogP contribution < -0.4 is 16.0 Å². The summed E-state index contributed by atoms with van der Waals surface area (Å²) < 4.78 is 5.84. The Hall–Kier alpha value is -2.58. The van der Waals surface area contributed by atoms with Gasteiger partial charge in [-0.05, 0) is 43.2 Å². The van der Waals surface area contributed by atoms with E-state index in [4.69, 9.17) is 15.8 Å². The molecule has 0 bridgehead atoms. The maximum absolute atomic E-state index is 8.91. The minimum Gasteiger partial charge on any atom is -0.457 e. The normalized spacial score (nSPS) is 9.79. The number of pyridine rings is 1. The summed E-state index contributed by atoms with van der Waals surface area (Å²) in [7, 11) is 0. The number of hydrogen-bond donors (Lipinski definition) is 2. The smallest absolute Gasteiger partial charge is 0.143 e. The average Bonchev–Trinajstić information content (AvgIpc) is 2.42. The number of rotatable bonds is 3. The summed E-state index contributed by atoms with van der Waals surface area (Å²) >= 11 is 0. The number of nitrogens with two attached hydrogens (primary N) is 1. The Kier molecular flexibility index (Phi) is 3.64. The molecule has 0 saturated heterocycles. The average molecular weight is 254 g/mol. The van der Waals surface area contributed by atoms with Crippen LogP contribution in [0.5, 0.6) is 11.5 Å². The maximum Gasteiger partial charge on any atom is 0.143 e. The molecule has 3 N–H and O–H groups in total. The Balaban J connectivity index is 2.36. The molecule has 1 heterocycles. The van der Waals surface area contributed by atoms with Crippen molar-refractivity contribution in [2.24, 2.45) is 5.84 Å². The van der Waals surface area contributed by atoms with Crippen molar-refractivity contribution in [1.82, 2.24) is 4.98 Å². The van der Waals surface area contributed by atoms with Gasteiger partial charge in [0.05, 0.1) is 11.6 Å². The van der Waals surface area contributed by atoms with E-state index in [2.05, 4.69) is 16.5 Å². The minimum absolute atomic E-state index is 0.529. The number of ether oxygens (including phenoxy) is 1. The number of nitrogen functional groups attached to an aromatic ring is 1. The molecule has 0 atom stereocenters. The predicted molar refractivity (Wildman–Crippen MR) is 72.8 cm³/mol. The molecule has 2 rings (SSSR count). The van der Waals surface area contributed by atoms with Gasteiger partial charge in [-0.25, -0.2) is 10.8 Å². The Morgan fingerprint density at radius 3 is 2.53 bits per heavy atom. The molecule has 0 aliphatic heterocycles. The van der Waals surface area contributed by atoms with Crippen molar-refractivity contribution in [1.29, 1.82) is 5.26 Å². The van der Waals surface area contributed by atoms with Gasteiger partial charge in [-0.15, -0.1) is 0 Å². The highest BCUT2D eigenvalue weighted by Gasteiger charge is 2.08. The summed E-state index contributed by atoms with van der Waals surface area (Å²) in [5.41, 5.74) is 4.92. The molecule has 0 saturated carbocycles. The van der Waals surface area contributed by atoms with Crippen LogP contribution in [0.15, 0.2) is 30.5 Å². The van der Waals surface area contributed by atoms with Crippen LogP contribution in [0.3, 0.4) is 0 Å². The van der Waals surface area contributed by atoms with Gasteiger partial charge in [0.2, 0.25) is 0 Å². The molecular formula is C14H14N4O. The van der Waals surface area contributed by atoms with Crippen molar-refractivity contribution < 1.29 is 4.74 Å². The van der Waals surface area contributed by atoms with Crippen molar-refractivity contribution in [3.05, 3.63) is 47.2 Å². The van der Waals surface area contributed by atoms with Crippen LogP contribution in [-0.4, -0.2) is 4.98 Å². The fourth-order valence-electron chi connectivity index (χ4n) is 1.85. The second kappa shape index (κ2) is 5.38. The van der Waals surface area contributed by atoms with E-state index in [0.717, 1.165) is 16.9 Å². The number of aromatic nitrogens is 1. The highest BCUT2D eigenvalue weighted by atomic mass is 16.5. The van der Waals surface area contributed by atoms with Crippen molar-refractivity contribution >= 4 is 5.82 Å². The van der Waals surface area contributed by atoms with Gasteiger partial charge in [-0.3, -0.25) is 0 Å². The third kappa shape index (κ3) is 2.81. The van der Waals surface area contributed by atoms with Gasteiger partial charge in [-0.1, -0.05) is 0 Å². The number of nitrogens with zero attached hydrogens (tertiary/aromatic N) is 2. The number of benzene rings is 1. The molecule has 0 radical (unpaired) electrons. The van der Waals surface area contributed by atoms with E-state index in [1.807, 2.05) is 13.8 Å². The van der Waals surface area contributed by atoms with E-state index in [-0.39, 0.29) is 0 Å². The van der Waals surface area contributed by atoms with Gasteiger partial charge in [0, 0.05) is 12.3 Å².